The minimum Gasteiger partial charge on any atom is -0.382 e. The zero-order valence-corrected chi connectivity index (χ0v) is 10.5. The summed E-state index contributed by atoms with van der Waals surface area (Å²) in [6, 6.07) is 0.105. The SMILES string of the molecule is COCC(C)N=C(NN)NC1(C)CCCC1. The highest BCUT2D eigenvalue weighted by Gasteiger charge is 2.29. The monoisotopic (exact) mass is 228 g/mol. The van der Waals surface area contributed by atoms with Gasteiger partial charge in [-0.2, -0.15) is 0 Å². The van der Waals surface area contributed by atoms with Crippen LogP contribution in [0.25, 0.3) is 0 Å². The van der Waals surface area contributed by atoms with E-state index in [1.807, 2.05) is 6.92 Å². The zero-order valence-electron chi connectivity index (χ0n) is 10.5. The number of aliphatic imine (C=N–C) groups is 1. The molecule has 0 aliphatic heterocycles. The van der Waals surface area contributed by atoms with Crippen molar-refractivity contribution in [3.8, 4) is 0 Å². The summed E-state index contributed by atoms with van der Waals surface area (Å²) < 4.78 is 5.04. The van der Waals surface area contributed by atoms with Gasteiger partial charge in [0, 0.05) is 12.6 Å². The van der Waals surface area contributed by atoms with Crippen LogP contribution in [0.5, 0.6) is 0 Å². The first kappa shape index (κ1) is 13.3. The van der Waals surface area contributed by atoms with Crippen molar-refractivity contribution in [1.82, 2.24) is 10.7 Å². The van der Waals surface area contributed by atoms with Crippen molar-refractivity contribution >= 4 is 5.96 Å². The summed E-state index contributed by atoms with van der Waals surface area (Å²) >= 11 is 0. The fraction of sp³-hybridized carbons (Fsp3) is 0.909. The van der Waals surface area contributed by atoms with Crippen molar-refractivity contribution in [1.29, 1.82) is 0 Å². The molecular weight excluding hydrogens is 204 g/mol. The van der Waals surface area contributed by atoms with Gasteiger partial charge in [-0.15, -0.1) is 0 Å². The molecule has 16 heavy (non-hydrogen) atoms. The summed E-state index contributed by atoms with van der Waals surface area (Å²) in [4.78, 5) is 4.44. The number of hydrogen-bond acceptors (Lipinski definition) is 3. The van der Waals surface area contributed by atoms with Gasteiger partial charge in [0.25, 0.3) is 0 Å². The lowest BCUT2D eigenvalue weighted by Gasteiger charge is -2.27. The molecule has 94 valence electrons. The summed E-state index contributed by atoms with van der Waals surface area (Å²) in [6.45, 7) is 4.82. The molecule has 5 heteroatoms. The Morgan fingerprint density at radius 2 is 2.12 bits per heavy atom. The van der Waals surface area contributed by atoms with Crippen LogP contribution >= 0.6 is 0 Å². The van der Waals surface area contributed by atoms with E-state index in [0.717, 1.165) is 0 Å². The van der Waals surface area contributed by atoms with E-state index in [1.54, 1.807) is 7.11 Å². The fourth-order valence-electron chi connectivity index (χ4n) is 2.17. The van der Waals surface area contributed by atoms with E-state index in [4.69, 9.17) is 10.6 Å². The molecule has 0 spiro atoms. The second-order valence-corrected chi connectivity index (χ2v) is 4.82. The summed E-state index contributed by atoms with van der Waals surface area (Å²) in [5.74, 6) is 6.13. The molecule has 1 saturated carbocycles. The number of rotatable bonds is 4. The average molecular weight is 228 g/mol. The molecule has 0 aromatic heterocycles. The Balaban J connectivity index is 2.53. The highest BCUT2D eigenvalue weighted by molar-refractivity contribution is 5.80. The van der Waals surface area contributed by atoms with Gasteiger partial charge in [0.15, 0.2) is 0 Å². The largest absolute Gasteiger partial charge is 0.382 e. The second kappa shape index (κ2) is 6.06. The van der Waals surface area contributed by atoms with Crippen LogP contribution in [0.2, 0.25) is 0 Å². The van der Waals surface area contributed by atoms with Crippen LogP contribution in [0.15, 0.2) is 4.99 Å². The fourth-order valence-corrected chi connectivity index (χ4v) is 2.17. The van der Waals surface area contributed by atoms with Gasteiger partial charge in [-0.05, 0) is 26.7 Å². The van der Waals surface area contributed by atoms with Crippen LogP contribution in [0.1, 0.15) is 39.5 Å². The number of methoxy groups -OCH3 is 1. The van der Waals surface area contributed by atoms with Crippen LogP contribution in [0.4, 0.5) is 0 Å². The Hall–Kier alpha value is -0.810. The van der Waals surface area contributed by atoms with Crippen molar-refractivity contribution in [3.05, 3.63) is 0 Å². The molecule has 0 saturated heterocycles. The minimum absolute atomic E-state index is 0.105. The third-order valence-electron chi connectivity index (χ3n) is 3.02. The maximum absolute atomic E-state index is 5.47. The van der Waals surface area contributed by atoms with E-state index in [1.165, 1.54) is 25.7 Å². The molecule has 1 unspecified atom stereocenters. The molecular formula is C11H24N4O. The number of nitrogens with one attached hydrogen (secondary N) is 2. The van der Waals surface area contributed by atoms with E-state index < -0.39 is 0 Å². The topological polar surface area (TPSA) is 71.7 Å². The van der Waals surface area contributed by atoms with Gasteiger partial charge < -0.3 is 10.1 Å². The number of hydrazine groups is 1. The Morgan fingerprint density at radius 3 is 2.62 bits per heavy atom. The third kappa shape index (κ3) is 3.98. The second-order valence-electron chi connectivity index (χ2n) is 4.82. The van der Waals surface area contributed by atoms with Crippen LogP contribution in [0, 0.1) is 0 Å². The van der Waals surface area contributed by atoms with Gasteiger partial charge in [0.1, 0.15) is 0 Å². The molecule has 1 aliphatic carbocycles. The normalized spacial score (nSPS) is 21.9. The number of ether oxygens (including phenoxy) is 1. The standard InChI is InChI=1S/C11H24N4O/c1-9(8-16-3)13-10(15-12)14-11(2)6-4-5-7-11/h9H,4-8,12H2,1-3H3,(H2,13,14,15). The number of guanidine groups is 1. The molecule has 0 aromatic carbocycles. The third-order valence-corrected chi connectivity index (χ3v) is 3.02. The molecule has 1 fully saturated rings. The van der Waals surface area contributed by atoms with Crippen molar-refractivity contribution in [2.45, 2.75) is 51.1 Å². The molecule has 0 bridgehead atoms. The predicted molar refractivity (Wildman–Crippen MR) is 66.1 cm³/mol. The van der Waals surface area contributed by atoms with Gasteiger partial charge in [0.2, 0.25) is 5.96 Å². The van der Waals surface area contributed by atoms with Crippen LogP contribution in [0.3, 0.4) is 0 Å². The molecule has 1 rings (SSSR count). The molecule has 4 N–H and O–H groups in total. The number of hydrogen-bond donors (Lipinski definition) is 3. The van der Waals surface area contributed by atoms with Gasteiger partial charge in [-0.25, -0.2) is 10.8 Å². The first-order valence-electron chi connectivity index (χ1n) is 5.91. The van der Waals surface area contributed by atoms with Crippen molar-refractivity contribution in [2.24, 2.45) is 10.8 Å². The summed E-state index contributed by atoms with van der Waals surface area (Å²) in [7, 11) is 1.67. The van der Waals surface area contributed by atoms with Crippen LogP contribution < -0.4 is 16.6 Å². The highest BCUT2D eigenvalue weighted by atomic mass is 16.5. The lowest BCUT2D eigenvalue weighted by atomic mass is 10.0. The summed E-state index contributed by atoms with van der Waals surface area (Å²) in [6.07, 6.45) is 4.89. The van der Waals surface area contributed by atoms with Gasteiger partial charge >= 0.3 is 0 Å². The molecule has 1 atom stereocenters. The Kier molecular flexibility index (Phi) is 5.02. The lowest BCUT2D eigenvalue weighted by molar-refractivity contribution is 0.185. The zero-order chi connectivity index (χ0) is 12.0. The average Bonchev–Trinajstić information content (AvgIpc) is 2.64. The Labute approximate surface area is 97.8 Å². The summed E-state index contributed by atoms with van der Waals surface area (Å²) in [5.41, 5.74) is 2.76. The quantitative estimate of drug-likeness (QED) is 0.287. The van der Waals surface area contributed by atoms with E-state index >= 15 is 0 Å². The lowest BCUT2D eigenvalue weighted by Crippen LogP contribution is -2.52. The molecule has 0 amide bonds. The minimum atomic E-state index is 0.105. The van der Waals surface area contributed by atoms with E-state index in [2.05, 4.69) is 22.7 Å². The Bertz CT molecular complexity index is 236. The van der Waals surface area contributed by atoms with E-state index in [0.29, 0.717) is 12.6 Å². The van der Waals surface area contributed by atoms with Crippen LogP contribution in [-0.4, -0.2) is 31.3 Å². The van der Waals surface area contributed by atoms with Crippen molar-refractivity contribution in [2.75, 3.05) is 13.7 Å². The molecule has 0 radical (unpaired) electrons. The smallest absolute Gasteiger partial charge is 0.206 e. The molecule has 5 nitrogen and oxygen atoms in total. The highest BCUT2D eigenvalue weighted by Crippen LogP contribution is 2.28. The number of nitrogens with zero attached hydrogens (tertiary/aromatic N) is 1. The molecule has 0 heterocycles. The number of nitrogens with two attached hydrogens (primary N) is 1. The van der Waals surface area contributed by atoms with Gasteiger partial charge in [-0.3, -0.25) is 5.43 Å². The van der Waals surface area contributed by atoms with Gasteiger partial charge in [-0.1, -0.05) is 12.8 Å². The maximum Gasteiger partial charge on any atom is 0.206 e. The van der Waals surface area contributed by atoms with E-state index in [-0.39, 0.29) is 11.6 Å². The first-order chi connectivity index (χ1) is 7.59. The summed E-state index contributed by atoms with van der Waals surface area (Å²) in [5, 5.41) is 3.39. The van der Waals surface area contributed by atoms with Gasteiger partial charge in [0.05, 0.1) is 12.6 Å². The van der Waals surface area contributed by atoms with Crippen molar-refractivity contribution < 1.29 is 4.74 Å². The Morgan fingerprint density at radius 1 is 1.50 bits per heavy atom. The molecule has 0 aromatic rings. The first-order valence-corrected chi connectivity index (χ1v) is 5.91. The van der Waals surface area contributed by atoms with Crippen molar-refractivity contribution in [3.63, 3.8) is 0 Å². The van der Waals surface area contributed by atoms with Crippen LogP contribution in [-0.2, 0) is 4.74 Å². The molecule has 1 aliphatic rings. The maximum atomic E-state index is 5.47. The van der Waals surface area contributed by atoms with E-state index in [9.17, 15) is 0 Å². The predicted octanol–water partition coefficient (Wildman–Crippen LogP) is 0.763.